The van der Waals surface area contributed by atoms with E-state index in [1.165, 1.54) is 12.8 Å². The molecular formula is C15H22O2. The van der Waals surface area contributed by atoms with E-state index in [1.54, 1.807) is 0 Å². The monoisotopic (exact) mass is 234 g/mol. The molecule has 1 rings (SSSR count). The van der Waals surface area contributed by atoms with Crippen molar-refractivity contribution >= 4 is 5.97 Å². The molecule has 1 aromatic carbocycles. The average Bonchev–Trinajstić information content (AvgIpc) is 2.37. The van der Waals surface area contributed by atoms with Gasteiger partial charge in [-0.3, -0.25) is 4.79 Å². The van der Waals surface area contributed by atoms with Crippen molar-refractivity contribution in [2.75, 3.05) is 0 Å². The highest BCUT2D eigenvalue weighted by atomic mass is 16.5. The molecule has 0 radical (unpaired) electrons. The molecule has 0 heterocycles. The number of ether oxygens (including phenoxy) is 1. The summed E-state index contributed by atoms with van der Waals surface area (Å²) in [5.74, 6) is -0.0600. The molecule has 0 bridgehead atoms. The van der Waals surface area contributed by atoms with Gasteiger partial charge in [0.2, 0.25) is 0 Å². The lowest BCUT2D eigenvalue weighted by molar-refractivity contribution is -0.149. The van der Waals surface area contributed by atoms with Gasteiger partial charge in [0.05, 0.1) is 5.92 Å². The van der Waals surface area contributed by atoms with Gasteiger partial charge in [-0.2, -0.15) is 0 Å². The van der Waals surface area contributed by atoms with Gasteiger partial charge >= 0.3 is 5.97 Å². The van der Waals surface area contributed by atoms with Gasteiger partial charge < -0.3 is 4.74 Å². The molecule has 1 atom stereocenters. The topological polar surface area (TPSA) is 26.3 Å². The Morgan fingerprint density at radius 2 is 1.94 bits per heavy atom. The molecule has 0 amide bonds. The first kappa shape index (κ1) is 13.8. The van der Waals surface area contributed by atoms with Crippen molar-refractivity contribution < 1.29 is 9.53 Å². The standard InChI is InChI=1S/C15H22O2/c1-3-4-6-9-13(2)15(16)17-12-14-10-7-5-8-11-14/h5,7-8,10-11,13H,3-4,6,9,12H2,1-2H3/t13-/m1/s1. The van der Waals surface area contributed by atoms with Gasteiger partial charge in [-0.1, -0.05) is 63.4 Å². The van der Waals surface area contributed by atoms with Crippen LogP contribution >= 0.6 is 0 Å². The van der Waals surface area contributed by atoms with Gasteiger partial charge in [0.15, 0.2) is 0 Å². The van der Waals surface area contributed by atoms with E-state index in [-0.39, 0.29) is 11.9 Å². The Balaban J connectivity index is 2.24. The number of esters is 1. The molecule has 0 saturated heterocycles. The SMILES string of the molecule is CCCCC[C@@H](C)C(=O)OCc1ccccc1. The number of hydrogen-bond donors (Lipinski definition) is 0. The summed E-state index contributed by atoms with van der Waals surface area (Å²) in [6.07, 6.45) is 4.42. The van der Waals surface area contributed by atoms with Crippen LogP contribution < -0.4 is 0 Å². The predicted molar refractivity (Wildman–Crippen MR) is 69.5 cm³/mol. The van der Waals surface area contributed by atoms with Crippen LogP contribution in [0.1, 0.15) is 45.1 Å². The van der Waals surface area contributed by atoms with Gasteiger partial charge in [-0.05, 0) is 12.0 Å². The molecule has 2 nitrogen and oxygen atoms in total. The molecule has 0 spiro atoms. The minimum atomic E-state index is -0.0787. The van der Waals surface area contributed by atoms with Gasteiger partial charge in [-0.15, -0.1) is 0 Å². The Hall–Kier alpha value is -1.31. The van der Waals surface area contributed by atoms with Crippen LogP contribution in [0.5, 0.6) is 0 Å². The minimum absolute atomic E-state index is 0.0188. The highest BCUT2D eigenvalue weighted by molar-refractivity contribution is 5.71. The van der Waals surface area contributed by atoms with Crippen LogP contribution in [0.15, 0.2) is 30.3 Å². The number of rotatable bonds is 7. The maximum Gasteiger partial charge on any atom is 0.308 e. The lowest BCUT2D eigenvalue weighted by atomic mass is 10.0. The van der Waals surface area contributed by atoms with Gasteiger partial charge in [0, 0.05) is 0 Å². The maximum atomic E-state index is 11.7. The summed E-state index contributed by atoms with van der Waals surface area (Å²) in [6.45, 7) is 4.50. The van der Waals surface area contributed by atoms with Crippen molar-refractivity contribution in [1.82, 2.24) is 0 Å². The normalized spacial score (nSPS) is 12.1. The Kier molecular flexibility index (Phi) is 6.38. The zero-order valence-corrected chi connectivity index (χ0v) is 10.8. The van der Waals surface area contributed by atoms with E-state index >= 15 is 0 Å². The van der Waals surface area contributed by atoms with Gasteiger partial charge in [-0.25, -0.2) is 0 Å². The summed E-state index contributed by atoms with van der Waals surface area (Å²) < 4.78 is 5.28. The van der Waals surface area contributed by atoms with Crippen LogP contribution in [0, 0.1) is 5.92 Å². The van der Waals surface area contributed by atoms with E-state index in [1.807, 2.05) is 37.3 Å². The Labute approximate surface area is 104 Å². The third kappa shape index (κ3) is 5.53. The largest absolute Gasteiger partial charge is 0.461 e. The fraction of sp³-hybridized carbons (Fsp3) is 0.533. The van der Waals surface area contributed by atoms with E-state index < -0.39 is 0 Å². The fourth-order valence-corrected chi connectivity index (χ4v) is 1.69. The Morgan fingerprint density at radius 1 is 1.24 bits per heavy atom. The number of carbonyl (C=O) groups excluding carboxylic acids is 1. The van der Waals surface area contributed by atoms with E-state index in [0.717, 1.165) is 18.4 Å². The molecule has 17 heavy (non-hydrogen) atoms. The van der Waals surface area contributed by atoms with Crippen molar-refractivity contribution in [2.45, 2.75) is 46.1 Å². The highest BCUT2D eigenvalue weighted by Gasteiger charge is 2.13. The third-order valence-corrected chi connectivity index (χ3v) is 2.87. The quantitative estimate of drug-likeness (QED) is 0.527. The molecule has 2 heteroatoms. The first-order valence-corrected chi connectivity index (χ1v) is 6.44. The van der Waals surface area contributed by atoms with Crippen LogP contribution in [-0.4, -0.2) is 5.97 Å². The zero-order valence-electron chi connectivity index (χ0n) is 10.8. The molecular weight excluding hydrogens is 212 g/mol. The summed E-state index contributed by atoms with van der Waals surface area (Å²) in [5, 5.41) is 0. The predicted octanol–water partition coefficient (Wildman–Crippen LogP) is 3.95. The fourth-order valence-electron chi connectivity index (χ4n) is 1.69. The molecule has 0 aromatic heterocycles. The highest BCUT2D eigenvalue weighted by Crippen LogP contribution is 2.12. The first-order valence-electron chi connectivity index (χ1n) is 6.44. The first-order chi connectivity index (χ1) is 8.24. The molecule has 0 fully saturated rings. The minimum Gasteiger partial charge on any atom is -0.461 e. The summed E-state index contributed by atoms with van der Waals surface area (Å²) in [6, 6.07) is 9.80. The second kappa shape index (κ2) is 7.88. The van der Waals surface area contributed by atoms with Crippen LogP contribution in [0.3, 0.4) is 0 Å². The van der Waals surface area contributed by atoms with Gasteiger partial charge in [0.25, 0.3) is 0 Å². The number of carbonyl (C=O) groups is 1. The summed E-state index contributed by atoms with van der Waals surface area (Å²) >= 11 is 0. The second-order valence-corrected chi connectivity index (χ2v) is 4.49. The van der Waals surface area contributed by atoms with Crippen molar-refractivity contribution in [3.63, 3.8) is 0 Å². The third-order valence-electron chi connectivity index (χ3n) is 2.87. The summed E-state index contributed by atoms with van der Waals surface area (Å²) in [4.78, 5) is 11.7. The van der Waals surface area contributed by atoms with Crippen molar-refractivity contribution in [2.24, 2.45) is 5.92 Å². The van der Waals surface area contributed by atoms with Crippen LogP contribution in [0.4, 0.5) is 0 Å². The molecule has 1 aromatic rings. The number of benzene rings is 1. The second-order valence-electron chi connectivity index (χ2n) is 4.49. The molecule has 94 valence electrons. The van der Waals surface area contributed by atoms with Crippen molar-refractivity contribution in [3.8, 4) is 0 Å². The van der Waals surface area contributed by atoms with E-state index in [2.05, 4.69) is 6.92 Å². The molecule has 0 aliphatic rings. The van der Waals surface area contributed by atoms with E-state index in [4.69, 9.17) is 4.74 Å². The molecule has 0 unspecified atom stereocenters. The Bertz CT molecular complexity index is 319. The molecule has 0 aliphatic heterocycles. The van der Waals surface area contributed by atoms with Crippen molar-refractivity contribution in [1.29, 1.82) is 0 Å². The number of unbranched alkanes of at least 4 members (excludes halogenated alkanes) is 2. The molecule has 0 saturated carbocycles. The van der Waals surface area contributed by atoms with Gasteiger partial charge in [0.1, 0.15) is 6.61 Å². The van der Waals surface area contributed by atoms with Crippen LogP contribution in [0.2, 0.25) is 0 Å². The Morgan fingerprint density at radius 3 is 2.59 bits per heavy atom. The average molecular weight is 234 g/mol. The maximum absolute atomic E-state index is 11.7. The van der Waals surface area contributed by atoms with E-state index in [0.29, 0.717) is 6.61 Å². The lowest BCUT2D eigenvalue weighted by Gasteiger charge is -2.11. The smallest absolute Gasteiger partial charge is 0.308 e. The van der Waals surface area contributed by atoms with Crippen LogP contribution in [0.25, 0.3) is 0 Å². The van der Waals surface area contributed by atoms with E-state index in [9.17, 15) is 4.79 Å². The van der Waals surface area contributed by atoms with Crippen LogP contribution in [-0.2, 0) is 16.1 Å². The van der Waals surface area contributed by atoms with Crippen molar-refractivity contribution in [3.05, 3.63) is 35.9 Å². The zero-order chi connectivity index (χ0) is 12.5. The number of hydrogen-bond acceptors (Lipinski definition) is 2. The molecule has 0 N–H and O–H groups in total. The molecule has 0 aliphatic carbocycles. The summed E-state index contributed by atoms with van der Waals surface area (Å²) in [7, 11) is 0. The summed E-state index contributed by atoms with van der Waals surface area (Å²) in [5.41, 5.74) is 1.04. The lowest BCUT2D eigenvalue weighted by Crippen LogP contribution is -2.14.